The standard InChI is InChI=1S/C12H10BrNO5S2/c1-6-5-9(20-11(6)13)21(18,19)14-8-4-2-3-7(10(8)15)12(16)17/h2-5,14-15H,1H3,(H,16,17). The first-order chi connectivity index (χ1) is 9.72. The number of anilines is 1. The molecule has 0 saturated heterocycles. The highest BCUT2D eigenvalue weighted by Gasteiger charge is 2.21. The first kappa shape index (κ1) is 15.8. The van der Waals surface area contributed by atoms with Gasteiger partial charge in [0.25, 0.3) is 10.0 Å². The van der Waals surface area contributed by atoms with Gasteiger partial charge in [0.05, 0.1) is 9.47 Å². The van der Waals surface area contributed by atoms with Crippen LogP contribution in [0.4, 0.5) is 5.69 Å². The van der Waals surface area contributed by atoms with Crippen LogP contribution in [-0.2, 0) is 10.0 Å². The second-order valence-electron chi connectivity index (χ2n) is 4.13. The van der Waals surface area contributed by atoms with E-state index < -0.39 is 21.7 Å². The third kappa shape index (κ3) is 3.20. The van der Waals surface area contributed by atoms with Gasteiger partial charge < -0.3 is 10.2 Å². The number of aromatic hydroxyl groups is 1. The van der Waals surface area contributed by atoms with Crippen molar-refractivity contribution in [1.29, 1.82) is 0 Å². The van der Waals surface area contributed by atoms with Crippen LogP contribution in [0.15, 0.2) is 32.3 Å². The normalized spacial score (nSPS) is 11.3. The number of thiophene rings is 1. The highest BCUT2D eigenvalue weighted by Crippen LogP contribution is 2.34. The van der Waals surface area contributed by atoms with Crippen molar-refractivity contribution >= 4 is 48.9 Å². The molecule has 2 rings (SSSR count). The number of hydrogen-bond donors (Lipinski definition) is 3. The number of carbonyl (C=O) groups is 1. The summed E-state index contributed by atoms with van der Waals surface area (Å²) in [5.41, 5.74) is 0.208. The van der Waals surface area contributed by atoms with Gasteiger partial charge in [0.1, 0.15) is 9.77 Å². The maximum Gasteiger partial charge on any atom is 0.339 e. The van der Waals surface area contributed by atoms with Crippen LogP contribution >= 0.6 is 27.3 Å². The summed E-state index contributed by atoms with van der Waals surface area (Å²) < 4.78 is 27.4. The molecule has 0 saturated carbocycles. The molecule has 2 aromatic rings. The number of carboxylic acid groups (broad SMARTS) is 1. The number of benzene rings is 1. The van der Waals surface area contributed by atoms with Gasteiger partial charge in [0, 0.05) is 0 Å². The fraction of sp³-hybridized carbons (Fsp3) is 0.0833. The quantitative estimate of drug-likeness (QED) is 0.694. The van der Waals surface area contributed by atoms with Crippen molar-refractivity contribution in [2.24, 2.45) is 0 Å². The smallest absolute Gasteiger partial charge is 0.339 e. The number of halogens is 1. The van der Waals surface area contributed by atoms with Crippen LogP contribution in [0, 0.1) is 6.92 Å². The van der Waals surface area contributed by atoms with Gasteiger partial charge in [-0.3, -0.25) is 4.72 Å². The number of aromatic carboxylic acids is 1. The van der Waals surface area contributed by atoms with Crippen molar-refractivity contribution in [2.75, 3.05) is 4.72 Å². The minimum Gasteiger partial charge on any atom is -0.505 e. The summed E-state index contributed by atoms with van der Waals surface area (Å²) in [6, 6.07) is 5.29. The largest absolute Gasteiger partial charge is 0.505 e. The molecule has 0 radical (unpaired) electrons. The second kappa shape index (κ2) is 5.66. The second-order valence-corrected chi connectivity index (χ2v) is 8.41. The van der Waals surface area contributed by atoms with E-state index in [4.69, 9.17) is 5.11 Å². The lowest BCUT2D eigenvalue weighted by Gasteiger charge is -2.09. The van der Waals surface area contributed by atoms with Crippen LogP contribution in [0.5, 0.6) is 5.75 Å². The third-order valence-electron chi connectivity index (χ3n) is 2.61. The summed E-state index contributed by atoms with van der Waals surface area (Å²) in [5, 5.41) is 18.7. The highest BCUT2D eigenvalue weighted by molar-refractivity contribution is 9.11. The zero-order chi connectivity index (χ0) is 15.8. The number of sulfonamides is 1. The molecule has 0 aliphatic carbocycles. The predicted molar refractivity (Wildman–Crippen MR) is 82.6 cm³/mol. The summed E-state index contributed by atoms with van der Waals surface area (Å²) in [4.78, 5) is 10.9. The van der Waals surface area contributed by atoms with Gasteiger partial charge in [-0.2, -0.15) is 0 Å². The maximum absolute atomic E-state index is 12.2. The Kier molecular flexibility index (Phi) is 4.26. The Balaban J connectivity index is 2.42. The van der Waals surface area contributed by atoms with Crippen molar-refractivity contribution in [3.63, 3.8) is 0 Å². The van der Waals surface area contributed by atoms with E-state index in [-0.39, 0.29) is 15.5 Å². The van der Waals surface area contributed by atoms with Gasteiger partial charge in [0.2, 0.25) is 0 Å². The Labute approximate surface area is 133 Å². The Morgan fingerprint density at radius 3 is 2.57 bits per heavy atom. The fourth-order valence-electron chi connectivity index (χ4n) is 1.56. The fourth-order valence-corrected chi connectivity index (χ4v) is 4.85. The van der Waals surface area contributed by atoms with Crippen LogP contribution < -0.4 is 4.72 Å². The number of para-hydroxylation sites is 1. The van der Waals surface area contributed by atoms with Gasteiger partial charge in [0.15, 0.2) is 5.75 Å². The van der Waals surface area contributed by atoms with Crippen molar-refractivity contribution < 1.29 is 23.4 Å². The van der Waals surface area contributed by atoms with E-state index in [2.05, 4.69) is 20.7 Å². The molecule has 0 spiro atoms. The van der Waals surface area contributed by atoms with E-state index in [1.807, 2.05) is 0 Å². The molecule has 0 unspecified atom stereocenters. The molecule has 112 valence electrons. The van der Waals surface area contributed by atoms with Crippen molar-refractivity contribution in [1.82, 2.24) is 0 Å². The number of carboxylic acids is 1. The Hall–Kier alpha value is -1.58. The maximum atomic E-state index is 12.2. The van der Waals surface area contributed by atoms with Gasteiger partial charge in [-0.1, -0.05) is 6.07 Å². The minimum absolute atomic E-state index is 0.0620. The molecule has 1 aromatic heterocycles. The number of rotatable bonds is 4. The Morgan fingerprint density at radius 2 is 2.05 bits per heavy atom. The summed E-state index contributed by atoms with van der Waals surface area (Å²) in [6.07, 6.45) is 0. The van der Waals surface area contributed by atoms with Gasteiger partial charge in [-0.25, -0.2) is 13.2 Å². The summed E-state index contributed by atoms with van der Waals surface area (Å²) in [5.74, 6) is -1.97. The lowest BCUT2D eigenvalue weighted by molar-refractivity contribution is 0.0694. The summed E-state index contributed by atoms with van der Waals surface area (Å²) in [7, 11) is -3.89. The zero-order valence-electron chi connectivity index (χ0n) is 10.6. The van der Waals surface area contributed by atoms with E-state index in [9.17, 15) is 18.3 Å². The summed E-state index contributed by atoms with van der Waals surface area (Å²) >= 11 is 4.26. The molecule has 9 heteroatoms. The first-order valence-electron chi connectivity index (χ1n) is 5.56. The molecule has 21 heavy (non-hydrogen) atoms. The van der Waals surface area contributed by atoms with Crippen molar-refractivity contribution in [3.8, 4) is 5.75 Å². The molecule has 0 atom stereocenters. The number of phenols is 1. The van der Waals surface area contributed by atoms with E-state index in [0.29, 0.717) is 3.79 Å². The Bertz CT molecular complexity index is 794. The average molecular weight is 392 g/mol. The van der Waals surface area contributed by atoms with Gasteiger partial charge >= 0.3 is 5.97 Å². The molecule has 3 N–H and O–H groups in total. The van der Waals surface area contributed by atoms with Crippen LogP contribution in [0.25, 0.3) is 0 Å². The SMILES string of the molecule is Cc1cc(S(=O)(=O)Nc2cccc(C(=O)O)c2O)sc1Br. The van der Waals surface area contributed by atoms with E-state index in [1.165, 1.54) is 24.3 Å². The first-order valence-corrected chi connectivity index (χ1v) is 8.65. The Morgan fingerprint density at radius 1 is 1.38 bits per heavy atom. The molecule has 1 heterocycles. The topological polar surface area (TPSA) is 104 Å². The highest BCUT2D eigenvalue weighted by atomic mass is 79.9. The van der Waals surface area contributed by atoms with Crippen molar-refractivity contribution in [3.05, 3.63) is 39.2 Å². The van der Waals surface area contributed by atoms with Gasteiger partial charge in [-0.15, -0.1) is 11.3 Å². The average Bonchev–Trinajstić information content (AvgIpc) is 2.72. The van der Waals surface area contributed by atoms with Gasteiger partial charge in [-0.05, 0) is 46.6 Å². The van der Waals surface area contributed by atoms with E-state index in [0.717, 1.165) is 16.9 Å². The number of aryl methyl sites for hydroxylation is 1. The predicted octanol–water partition coefficient (Wildman–Crippen LogP) is 3.02. The van der Waals surface area contributed by atoms with Crippen LogP contribution in [0.2, 0.25) is 0 Å². The molecule has 0 aliphatic rings. The number of hydrogen-bond acceptors (Lipinski definition) is 5. The molecule has 0 aliphatic heterocycles. The van der Waals surface area contributed by atoms with Crippen LogP contribution in [0.3, 0.4) is 0 Å². The minimum atomic E-state index is -3.89. The lowest BCUT2D eigenvalue weighted by atomic mass is 10.2. The molecule has 1 aromatic carbocycles. The molecular weight excluding hydrogens is 382 g/mol. The molecule has 0 bridgehead atoms. The van der Waals surface area contributed by atoms with Crippen molar-refractivity contribution in [2.45, 2.75) is 11.1 Å². The summed E-state index contributed by atoms with van der Waals surface area (Å²) in [6.45, 7) is 1.75. The zero-order valence-corrected chi connectivity index (χ0v) is 13.8. The third-order valence-corrected chi connectivity index (χ3v) is 6.59. The molecule has 6 nitrogen and oxygen atoms in total. The number of nitrogens with one attached hydrogen (secondary N) is 1. The van der Waals surface area contributed by atoms with Crippen LogP contribution in [-0.4, -0.2) is 24.6 Å². The molecule has 0 fully saturated rings. The van der Waals surface area contributed by atoms with E-state index >= 15 is 0 Å². The monoisotopic (exact) mass is 391 g/mol. The molecule has 0 amide bonds. The molecular formula is C12H10BrNO5S2. The lowest BCUT2D eigenvalue weighted by Crippen LogP contribution is -2.12. The van der Waals surface area contributed by atoms with E-state index in [1.54, 1.807) is 6.92 Å². The van der Waals surface area contributed by atoms with Crippen LogP contribution in [0.1, 0.15) is 15.9 Å².